The summed E-state index contributed by atoms with van der Waals surface area (Å²) < 4.78 is 11.0. The molecule has 6 nitrogen and oxygen atoms in total. The van der Waals surface area contributed by atoms with E-state index < -0.39 is 0 Å². The summed E-state index contributed by atoms with van der Waals surface area (Å²) >= 11 is 1.26. The van der Waals surface area contributed by atoms with Crippen molar-refractivity contribution in [3.05, 3.63) is 48.0 Å². The van der Waals surface area contributed by atoms with Crippen molar-refractivity contribution in [3.8, 4) is 5.75 Å². The predicted molar refractivity (Wildman–Crippen MR) is 94.2 cm³/mol. The Labute approximate surface area is 147 Å². The number of Topliss-reactive ketones (excluding diaryl/α,β-unsaturated/α-hetero) is 1. The van der Waals surface area contributed by atoms with Gasteiger partial charge in [-0.25, -0.2) is 4.98 Å². The van der Waals surface area contributed by atoms with E-state index in [1.807, 2.05) is 24.3 Å². The maximum absolute atomic E-state index is 12.7. The Morgan fingerprint density at radius 1 is 1.28 bits per heavy atom. The largest absolute Gasteiger partial charge is 0.482 e. The molecule has 0 saturated heterocycles. The van der Waals surface area contributed by atoms with Crippen LogP contribution in [0.3, 0.4) is 0 Å². The summed E-state index contributed by atoms with van der Waals surface area (Å²) in [7, 11) is 0. The van der Waals surface area contributed by atoms with E-state index in [0.29, 0.717) is 27.8 Å². The molecule has 1 aromatic heterocycles. The van der Waals surface area contributed by atoms with Crippen LogP contribution in [0.1, 0.15) is 17.3 Å². The van der Waals surface area contributed by atoms with Gasteiger partial charge in [-0.05, 0) is 37.3 Å². The Morgan fingerprint density at radius 2 is 2.12 bits per heavy atom. The van der Waals surface area contributed by atoms with Crippen LogP contribution in [0.2, 0.25) is 0 Å². The highest BCUT2D eigenvalue weighted by molar-refractivity contribution is 8.00. The van der Waals surface area contributed by atoms with Gasteiger partial charge in [0, 0.05) is 5.56 Å². The summed E-state index contributed by atoms with van der Waals surface area (Å²) in [4.78, 5) is 28.5. The van der Waals surface area contributed by atoms with Crippen LogP contribution in [0, 0.1) is 0 Å². The van der Waals surface area contributed by atoms with E-state index in [1.165, 1.54) is 11.8 Å². The molecule has 4 rings (SSSR count). The molecule has 1 N–H and O–H groups in total. The molecule has 0 radical (unpaired) electrons. The van der Waals surface area contributed by atoms with Gasteiger partial charge in [-0.1, -0.05) is 23.9 Å². The van der Waals surface area contributed by atoms with Gasteiger partial charge in [0.1, 0.15) is 11.3 Å². The number of hydrogen-bond acceptors (Lipinski definition) is 6. The molecule has 0 aliphatic carbocycles. The summed E-state index contributed by atoms with van der Waals surface area (Å²) in [6, 6.07) is 12.5. The SMILES string of the molecule is CC(Sc1nc2ccccc2o1)C(=O)c1ccc2c(c1)NC(=O)CO2. The number of hydrogen-bond donors (Lipinski definition) is 1. The molecule has 0 bridgehead atoms. The molecular formula is C18H14N2O4S. The maximum Gasteiger partial charge on any atom is 0.262 e. The summed E-state index contributed by atoms with van der Waals surface area (Å²) in [5, 5.41) is 2.78. The first kappa shape index (κ1) is 15.7. The number of oxazole rings is 1. The zero-order valence-electron chi connectivity index (χ0n) is 13.3. The molecule has 2 aromatic carbocycles. The molecule has 1 aliphatic heterocycles. The van der Waals surface area contributed by atoms with E-state index in [1.54, 1.807) is 25.1 Å². The van der Waals surface area contributed by atoms with Crippen molar-refractivity contribution in [2.75, 3.05) is 11.9 Å². The fraction of sp³-hybridized carbons (Fsp3) is 0.167. The molecule has 1 amide bonds. The van der Waals surface area contributed by atoms with Crippen LogP contribution in [-0.4, -0.2) is 28.5 Å². The molecule has 0 saturated carbocycles. The van der Waals surface area contributed by atoms with E-state index in [0.717, 1.165) is 5.52 Å². The molecule has 2 heterocycles. The van der Waals surface area contributed by atoms with Gasteiger partial charge >= 0.3 is 0 Å². The average Bonchev–Trinajstić information content (AvgIpc) is 3.02. The minimum atomic E-state index is -0.383. The number of carbonyl (C=O) groups excluding carboxylic acids is 2. The summed E-state index contributed by atoms with van der Waals surface area (Å²) in [6.45, 7) is 1.79. The second kappa shape index (κ2) is 6.25. The monoisotopic (exact) mass is 354 g/mol. The molecule has 25 heavy (non-hydrogen) atoms. The number of anilines is 1. The van der Waals surface area contributed by atoms with Crippen molar-refractivity contribution in [1.82, 2.24) is 4.98 Å². The van der Waals surface area contributed by atoms with Crippen LogP contribution in [0.5, 0.6) is 5.75 Å². The lowest BCUT2D eigenvalue weighted by molar-refractivity contribution is -0.118. The fourth-order valence-electron chi connectivity index (χ4n) is 2.58. The number of nitrogens with one attached hydrogen (secondary N) is 1. The minimum absolute atomic E-state index is 0.00965. The van der Waals surface area contributed by atoms with Gasteiger partial charge in [0.2, 0.25) is 0 Å². The Balaban J connectivity index is 1.53. The van der Waals surface area contributed by atoms with Gasteiger partial charge in [0.05, 0.1) is 10.9 Å². The molecule has 7 heteroatoms. The van der Waals surface area contributed by atoms with Crippen LogP contribution in [0.15, 0.2) is 52.1 Å². The first-order chi connectivity index (χ1) is 12.1. The highest BCUT2D eigenvalue weighted by Gasteiger charge is 2.22. The molecule has 1 atom stereocenters. The van der Waals surface area contributed by atoms with E-state index in [4.69, 9.17) is 9.15 Å². The van der Waals surface area contributed by atoms with Crippen LogP contribution in [0.25, 0.3) is 11.1 Å². The highest BCUT2D eigenvalue weighted by atomic mass is 32.2. The third-order valence-electron chi connectivity index (χ3n) is 3.82. The number of carbonyl (C=O) groups is 2. The van der Waals surface area contributed by atoms with Crippen molar-refractivity contribution in [2.45, 2.75) is 17.4 Å². The molecule has 0 fully saturated rings. The molecule has 126 valence electrons. The second-order valence-electron chi connectivity index (χ2n) is 5.62. The van der Waals surface area contributed by atoms with Gasteiger partial charge in [-0.3, -0.25) is 9.59 Å². The standard InChI is InChI=1S/C18H14N2O4S/c1-10(25-18-20-12-4-2-3-5-15(12)24-18)17(22)11-6-7-14-13(8-11)19-16(21)9-23-14/h2-8,10H,9H2,1H3,(H,19,21). The van der Waals surface area contributed by atoms with Crippen molar-refractivity contribution in [2.24, 2.45) is 0 Å². The smallest absolute Gasteiger partial charge is 0.262 e. The van der Waals surface area contributed by atoms with Gasteiger partial charge in [-0.2, -0.15) is 0 Å². The Kier molecular flexibility index (Phi) is 3.93. The number of fused-ring (bicyclic) bond motifs is 2. The number of thioether (sulfide) groups is 1. The number of ether oxygens (including phenoxy) is 1. The zero-order valence-corrected chi connectivity index (χ0v) is 14.1. The second-order valence-corrected chi connectivity index (χ2v) is 6.91. The Bertz CT molecular complexity index is 949. The van der Waals surface area contributed by atoms with E-state index in [9.17, 15) is 9.59 Å². The lowest BCUT2D eigenvalue weighted by Gasteiger charge is -2.18. The Hall–Kier alpha value is -2.80. The lowest BCUT2D eigenvalue weighted by atomic mass is 10.1. The number of ketones is 1. The van der Waals surface area contributed by atoms with E-state index in [2.05, 4.69) is 10.3 Å². The third kappa shape index (κ3) is 3.10. The lowest BCUT2D eigenvalue weighted by Crippen LogP contribution is -2.25. The summed E-state index contributed by atoms with van der Waals surface area (Å²) in [5.74, 6) is 0.260. The summed E-state index contributed by atoms with van der Waals surface area (Å²) in [5.41, 5.74) is 2.47. The van der Waals surface area contributed by atoms with Crippen molar-refractivity contribution in [1.29, 1.82) is 0 Å². The normalized spacial score (nSPS) is 14.5. The molecule has 0 spiro atoms. The molecule has 3 aromatic rings. The summed E-state index contributed by atoms with van der Waals surface area (Å²) in [6.07, 6.45) is 0. The molecule has 1 aliphatic rings. The fourth-order valence-corrected chi connectivity index (χ4v) is 3.41. The number of benzene rings is 2. The molecule has 1 unspecified atom stereocenters. The quantitative estimate of drug-likeness (QED) is 0.570. The van der Waals surface area contributed by atoms with Crippen molar-refractivity contribution < 1.29 is 18.7 Å². The third-order valence-corrected chi connectivity index (χ3v) is 4.76. The topological polar surface area (TPSA) is 81.4 Å². The Morgan fingerprint density at radius 3 is 2.96 bits per heavy atom. The first-order valence-electron chi connectivity index (χ1n) is 7.73. The number of para-hydroxylation sites is 2. The zero-order chi connectivity index (χ0) is 17.4. The minimum Gasteiger partial charge on any atom is -0.482 e. The molecular weight excluding hydrogens is 340 g/mol. The van der Waals surface area contributed by atoms with Gasteiger partial charge < -0.3 is 14.5 Å². The van der Waals surface area contributed by atoms with Gasteiger partial charge in [0.15, 0.2) is 18.0 Å². The van der Waals surface area contributed by atoms with Crippen molar-refractivity contribution >= 4 is 40.2 Å². The van der Waals surface area contributed by atoms with Gasteiger partial charge in [0.25, 0.3) is 11.1 Å². The van der Waals surface area contributed by atoms with Crippen molar-refractivity contribution in [3.63, 3.8) is 0 Å². The van der Waals surface area contributed by atoms with E-state index in [-0.39, 0.29) is 23.5 Å². The number of amides is 1. The van der Waals surface area contributed by atoms with E-state index >= 15 is 0 Å². The predicted octanol–water partition coefficient (Wildman–Crippen LogP) is 3.52. The first-order valence-corrected chi connectivity index (χ1v) is 8.61. The van der Waals surface area contributed by atoms with Gasteiger partial charge in [-0.15, -0.1) is 0 Å². The number of nitrogens with zero attached hydrogens (tertiary/aromatic N) is 1. The van der Waals surface area contributed by atoms with Crippen LogP contribution < -0.4 is 10.1 Å². The highest BCUT2D eigenvalue weighted by Crippen LogP contribution is 2.32. The van der Waals surface area contributed by atoms with Crippen LogP contribution >= 0.6 is 11.8 Å². The van der Waals surface area contributed by atoms with Crippen LogP contribution in [-0.2, 0) is 4.79 Å². The number of rotatable bonds is 4. The average molecular weight is 354 g/mol. The van der Waals surface area contributed by atoms with Crippen LogP contribution in [0.4, 0.5) is 5.69 Å². The number of aromatic nitrogens is 1. The maximum atomic E-state index is 12.7.